The summed E-state index contributed by atoms with van der Waals surface area (Å²) in [4.78, 5) is 0. The first-order valence-corrected chi connectivity index (χ1v) is 7.73. The molecule has 0 saturated heterocycles. The highest BCUT2D eigenvalue weighted by atomic mass is 35.5. The second kappa shape index (κ2) is 6.52. The maximum atomic E-state index is 6.20. The van der Waals surface area contributed by atoms with Crippen LogP contribution in [0.3, 0.4) is 0 Å². The molecule has 0 saturated carbocycles. The molecule has 4 nitrogen and oxygen atoms in total. The van der Waals surface area contributed by atoms with Crippen LogP contribution in [0.25, 0.3) is 11.4 Å². The predicted molar refractivity (Wildman–Crippen MR) is 92.4 cm³/mol. The summed E-state index contributed by atoms with van der Waals surface area (Å²) in [6, 6.07) is 15.3. The van der Waals surface area contributed by atoms with E-state index < -0.39 is 0 Å². The first-order valence-electron chi connectivity index (χ1n) is 6.56. The molecule has 22 heavy (non-hydrogen) atoms. The maximum Gasteiger partial charge on any atom is 0.214 e. The first kappa shape index (κ1) is 15.1. The summed E-state index contributed by atoms with van der Waals surface area (Å²) in [6.07, 6.45) is 0. The van der Waals surface area contributed by atoms with E-state index in [0.29, 0.717) is 27.2 Å². The van der Waals surface area contributed by atoms with E-state index >= 15 is 0 Å². The van der Waals surface area contributed by atoms with Crippen LogP contribution in [0.1, 0.15) is 5.56 Å². The Hall–Kier alpha value is -1.82. The minimum atomic E-state index is 0.479. The minimum Gasteiger partial charge on any atom is -0.317 e. The molecular weight excluding hydrogens is 339 g/mol. The third-order valence-corrected chi connectivity index (χ3v) is 4.30. The van der Waals surface area contributed by atoms with E-state index in [2.05, 4.69) is 15.6 Å². The van der Waals surface area contributed by atoms with Crippen molar-refractivity contribution in [2.75, 3.05) is 5.43 Å². The van der Waals surface area contributed by atoms with Crippen LogP contribution in [0.15, 0.2) is 48.5 Å². The minimum absolute atomic E-state index is 0.479. The molecular formula is C15H12Cl2N4S. The normalized spacial score (nSPS) is 10.6. The summed E-state index contributed by atoms with van der Waals surface area (Å²) in [5, 5.41) is 8.12. The molecule has 0 fully saturated rings. The van der Waals surface area contributed by atoms with Crippen LogP contribution in [0, 0.1) is 4.77 Å². The standard InChI is InChI=1S/C15H12Cl2N4S/c16-12-8-4-7-11(13(12)17)9-18-21-14(19-20-15(21)22)10-5-2-1-3-6-10/h1-8,18H,9H2,(H,20,22). The van der Waals surface area contributed by atoms with Crippen molar-refractivity contribution < 1.29 is 0 Å². The van der Waals surface area contributed by atoms with Crippen molar-refractivity contribution in [1.82, 2.24) is 14.9 Å². The van der Waals surface area contributed by atoms with Gasteiger partial charge in [-0.3, -0.25) is 0 Å². The van der Waals surface area contributed by atoms with E-state index in [1.54, 1.807) is 10.7 Å². The van der Waals surface area contributed by atoms with E-state index in [4.69, 9.17) is 35.4 Å². The van der Waals surface area contributed by atoms with Gasteiger partial charge in [0.1, 0.15) is 0 Å². The first-order chi connectivity index (χ1) is 10.7. The third kappa shape index (κ3) is 3.02. The van der Waals surface area contributed by atoms with Gasteiger partial charge in [-0.25, -0.2) is 9.77 Å². The predicted octanol–water partition coefficient (Wildman–Crippen LogP) is 4.66. The number of rotatable bonds is 4. The lowest BCUT2D eigenvalue weighted by Crippen LogP contribution is -2.16. The zero-order valence-electron chi connectivity index (χ0n) is 11.4. The Kier molecular flexibility index (Phi) is 4.47. The fraction of sp³-hybridized carbons (Fsp3) is 0.0667. The molecule has 0 spiro atoms. The van der Waals surface area contributed by atoms with Crippen molar-refractivity contribution in [3.8, 4) is 11.4 Å². The number of nitrogens with one attached hydrogen (secondary N) is 2. The van der Waals surface area contributed by atoms with Crippen LogP contribution in [-0.4, -0.2) is 14.9 Å². The number of H-pyrrole nitrogens is 1. The molecule has 0 atom stereocenters. The Morgan fingerprint density at radius 3 is 2.64 bits per heavy atom. The second-order valence-electron chi connectivity index (χ2n) is 4.60. The van der Waals surface area contributed by atoms with Gasteiger partial charge in [0.05, 0.1) is 16.6 Å². The van der Waals surface area contributed by atoms with Gasteiger partial charge in [0, 0.05) is 5.56 Å². The van der Waals surface area contributed by atoms with Crippen LogP contribution in [0.5, 0.6) is 0 Å². The highest BCUT2D eigenvalue weighted by Crippen LogP contribution is 2.25. The van der Waals surface area contributed by atoms with Crippen molar-refractivity contribution in [3.05, 3.63) is 68.9 Å². The Bertz CT molecular complexity index is 842. The van der Waals surface area contributed by atoms with Crippen LogP contribution in [0.2, 0.25) is 10.0 Å². The monoisotopic (exact) mass is 350 g/mol. The number of halogens is 2. The number of nitrogens with zero attached hydrogens (tertiary/aromatic N) is 2. The van der Waals surface area contributed by atoms with Crippen LogP contribution in [0.4, 0.5) is 0 Å². The topological polar surface area (TPSA) is 45.6 Å². The van der Waals surface area contributed by atoms with E-state index in [-0.39, 0.29) is 0 Å². The maximum absolute atomic E-state index is 6.20. The van der Waals surface area contributed by atoms with Crippen LogP contribution >= 0.6 is 35.4 Å². The van der Waals surface area contributed by atoms with Gasteiger partial charge < -0.3 is 5.43 Å². The SMILES string of the molecule is S=c1[nH]nc(-c2ccccc2)n1NCc1cccc(Cl)c1Cl. The second-order valence-corrected chi connectivity index (χ2v) is 5.77. The molecule has 1 aromatic heterocycles. The average molecular weight is 351 g/mol. The lowest BCUT2D eigenvalue weighted by atomic mass is 10.2. The van der Waals surface area contributed by atoms with Crippen molar-refractivity contribution in [2.24, 2.45) is 0 Å². The highest BCUT2D eigenvalue weighted by molar-refractivity contribution is 7.71. The Labute approximate surface area is 142 Å². The van der Waals surface area contributed by atoms with Crippen LogP contribution < -0.4 is 5.43 Å². The van der Waals surface area contributed by atoms with Gasteiger partial charge in [-0.15, -0.1) is 0 Å². The molecule has 7 heteroatoms. The summed E-state index contributed by atoms with van der Waals surface area (Å²) in [5.74, 6) is 0.712. The zero-order chi connectivity index (χ0) is 15.5. The smallest absolute Gasteiger partial charge is 0.214 e. The third-order valence-electron chi connectivity index (χ3n) is 3.16. The molecule has 0 unspecified atom stereocenters. The summed E-state index contributed by atoms with van der Waals surface area (Å²) in [5.41, 5.74) is 5.06. The quantitative estimate of drug-likeness (QED) is 0.672. The number of benzene rings is 2. The van der Waals surface area contributed by atoms with E-state index in [9.17, 15) is 0 Å². The average Bonchev–Trinajstić information content (AvgIpc) is 2.91. The Balaban J connectivity index is 1.89. The van der Waals surface area contributed by atoms with Crippen molar-refractivity contribution in [2.45, 2.75) is 6.54 Å². The molecule has 2 aromatic carbocycles. The van der Waals surface area contributed by atoms with Crippen LogP contribution in [-0.2, 0) is 6.54 Å². The van der Waals surface area contributed by atoms with Gasteiger partial charge in [-0.2, -0.15) is 5.10 Å². The van der Waals surface area contributed by atoms with Crippen molar-refractivity contribution in [3.63, 3.8) is 0 Å². The lowest BCUT2D eigenvalue weighted by Gasteiger charge is -2.11. The summed E-state index contributed by atoms with van der Waals surface area (Å²) in [7, 11) is 0. The number of hydrogen-bond donors (Lipinski definition) is 2. The lowest BCUT2D eigenvalue weighted by molar-refractivity contribution is 0.832. The van der Waals surface area contributed by atoms with Gasteiger partial charge >= 0.3 is 0 Å². The number of aromatic nitrogens is 3. The van der Waals surface area contributed by atoms with Crippen molar-refractivity contribution >= 4 is 35.4 Å². The number of aromatic amines is 1. The zero-order valence-corrected chi connectivity index (χ0v) is 13.7. The summed E-state index contributed by atoms with van der Waals surface area (Å²) >= 11 is 17.5. The summed E-state index contributed by atoms with van der Waals surface area (Å²) < 4.78 is 2.21. The molecule has 0 aliphatic rings. The van der Waals surface area contributed by atoms with E-state index in [1.165, 1.54) is 0 Å². The Morgan fingerprint density at radius 2 is 1.86 bits per heavy atom. The fourth-order valence-corrected chi connectivity index (χ4v) is 2.66. The van der Waals surface area contributed by atoms with Gasteiger partial charge in [0.25, 0.3) is 0 Å². The van der Waals surface area contributed by atoms with E-state index in [1.807, 2.05) is 42.5 Å². The molecule has 0 aliphatic heterocycles. The highest BCUT2D eigenvalue weighted by Gasteiger charge is 2.09. The van der Waals surface area contributed by atoms with Gasteiger partial charge in [-0.1, -0.05) is 65.7 Å². The molecule has 2 N–H and O–H groups in total. The van der Waals surface area contributed by atoms with E-state index in [0.717, 1.165) is 11.1 Å². The molecule has 1 heterocycles. The molecule has 3 aromatic rings. The molecule has 112 valence electrons. The molecule has 0 bridgehead atoms. The van der Waals surface area contributed by atoms with Crippen molar-refractivity contribution in [1.29, 1.82) is 0 Å². The molecule has 0 aliphatic carbocycles. The fourth-order valence-electron chi connectivity index (χ4n) is 2.07. The molecule has 3 rings (SSSR count). The van der Waals surface area contributed by atoms with Gasteiger partial charge in [0.15, 0.2) is 5.82 Å². The largest absolute Gasteiger partial charge is 0.317 e. The Morgan fingerprint density at radius 1 is 1.09 bits per heavy atom. The molecule has 0 radical (unpaired) electrons. The van der Waals surface area contributed by atoms with Gasteiger partial charge in [0.2, 0.25) is 4.77 Å². The van der Waals surface area contributed by atoms with Gasteiger partial charge in [-0.05, 0) is 23.8 Å². The number of hydrogen-bond acceptors (Lipinski definition) is 3. The summed E-state index contributed by atoms with van der Waals surface area (Å²) in [6.45, 7) is 0.479. The molecule has 0 amide bonds.